The van der Waals surface area contributed by atoms with Crippen molar-refractivity contribution in [1.82, 2.24) is 4.98 Å². The fraction of sp³-hybridized carbons (Fsp3) is 0.583. The smallest absolute Gasteiger partial charge is 0.147 e. The van der Waals surface area contributed by atoms with Gasteiger partial charge in [-0.05, 0) is 47.7 Å². The number of hydrogen-bond donors (Lipinski definition) is 0. The Kier molecular flexibility index (Phi) is 3.26. The molecule has 2 aliphatic heterocycles. The van der Waals surface area contributed by atoms with Crippen LogP contribution in [0.15, 0.2) is 16.7 Å². The molecule has 2 fully saturated rings. The van der Waals surface area contributed by atoms with Crippen molar-refractivity contribution in [2.75, 3.05) is 4.90 Å². The molecule has 0 spiro atoms. The second-order valence-corrected chi connectivity index (χ2v) is 6.76. The summed E-state index contributed by atoms with van der Waals surface area (Å²) in [4.78, 5) is 6.85. The van der Waals surface area contributed by atoms with Gasteiger partial charge in [0.1, 0.15) is 5.82 Å². The summed E-state index contributed by atoms with van der Waals surface area (Å²) < 4.78 is 0.922. The van der Waals surface area contributed by atoms with Gasteiger partial charge in [-0.25, -0.2) is 4.98 Å². The number of aromatic nitrogens is 1. The standard InChI is InChI=1S/C12H13BrCl2N2/c13-7-3-11(15)12(16-6-7)17-9-1-2-10(17)5-8(14)4-9/h3,6,8-10H,1-2,4-5H2. The number of rotatable bonds is 1. The summed E-state index contributed by atoms with van der Waals surface area (Å²) in [6.07, 6.45) is 6.33. The summed E-state index contributed by atoms with van der Waals surface area (Å²) in [7, 11) is 0. The number of halogens is 3. The maximum absolute atomic E-state index is 6.29. The summed E-state index contributed by atoms with van der Waals surface area (Å²) in [5.74, 6) is 0.922. The Morgan fingerprint density at radius 2 is 1.94 bits per heavy atom. The molecule has 2 nitrogen and oxygen atoms in total. The van der Waals surface area contributed by atoms with Crippen LogP contribution in [-0.4, -0.2) is 22.4 Å². The first-order valence-electron chi connectivity index (χ1n) is 5.88. The Balaban J connectivity index is 1.94. The Morgan fingerprint density at radius 1 is 1.29 bits per heavy atom. The quantitative estimate of drug-likeness (QED) is 0.714. The molecule has 1 aromatic rings. The fourth-order valence-corrected chi connectivity index (χ4v) is 4.19. The number of piperidine rings is 1. The molecule has 0 aliphatic carbocycles. The summed E-state index contributed by atoms with van der Waals surface area (Å²) >= 11 is 16.0. The van der Waals surface area contributed by atoms with E-state index < -0.39 is 0 Å². The van der Waals surface area contributed by atoms with Gasteiger partial charge in [0, 0.05) is 28.1 Å². The van der Waals surface area contributed by atoms with E-state index in [9.17, 15) is 0 Å². The highest BCUT2D eigenvalue weighted by Gasteiger charge is 2.41. The number of alkyl halides is 1. The number of nitrogens with zero attached hydrogens (tertiary/aromatic N) is 2. The highest BCUT2D eigenvalue weighted by atomic mass is 79.9. The molecule has 2 unspecified atom stereocenters. The fourth-order valence-electron chi connectivity index (χ4n) is 3.05. The molecule has 2 saturated heterocycles. The second-order valence-electron chi connectivity index (χ2n) is 4.82. The predicted molar refractivity (Wildman–Crippen MR) is 75.1 cm³/mol. The van der Waals surface area contributed by atoms with Crippen LogP contribution in [0.2, 0.25) is 5.02 Å². The minimum atomic E-state index is 0.318. The zero-order valence-electron chi connectivity index (χ0n) is 9.24. The van der Waals surface area contributed by atoms with E-state index in [0.717, 1.165) is 28.2 Å². The van der Waals surface area contributed by atoms with Crippen LogP contribution in [0.1, 0.15) is 25.7 Å². The lowest BCUT2D eigenvalue weighted by molar-refractivity contribution is 0.470. The Morgan fingerprint density at radius 3 is 2.53 bits per heavy atom. The largest absolute Gasteiger partial charge is 0.349 e. The molecule has 0 amide bonds. The molecule has 3 heterocycles. The normalized spacial score (nSPS) is 31.9. The van der Waals surface area contributed by atoms with Crippen molar-refractivity contribution in [2.45, 2.75) is 43.1 Å². The SMILES string of the molecule is Clc1cc(Br)cnc1N1C2CCC1CC(Cl)C2. The lowest BCUT2D eigenvalue weighted by Crippen LogP contribution is -2.44. The van der Waals surface area contributed by atoms with Crippen LogP contribution >= 0.6 is 39.1 Å². The van der Waals surface area contributed by atoms with E-state index in [4.69, 9.17) is 23.2 Å². The molecule has 0 radical (unpaired) electrons. The van der Waals surface area contributed by atoms with Crippen molar-refractivity contribution in [2.24, 2.45) is 0 Å². The minimum absolute atomic E-state index is 0.318. The van der Waals surface area contributed by atoms with Gasteiger partial charge >= 0.3 is 0 Å². The van der Waals surface area contributed by atoms with Crippen molar-refractivity contribution in [3.05, 3.63) is 21.8 Å². The first-order chi connectivity index (χ1) is 8.15. The lowest BCUT2D eigenvalue weighted by atomic mass is 10.0. The van der Waals surface area contributed by atoms with E-state index in [1.165, 1.54) is 12.8 Å². The van der Waals surface area contributed by atoms with Crippen molar-refractivity contribution in [3.8, 4) is 0 Å². The van der Waals surface area contributed by atoms with Crippen LogP contribution in [0, 0.1) is 0 Å². The first kappa shape index (κ1) is 12.1. The van der Waals surface area contributed by atoms with Gasteiger partial charge in [0.2, 0.25) is 0 Å². The molecule has 92 valence electrons. The third-order valence-corrected chi connectivity index (χ3v) is 4.78. The Hall–Kier alpha value is 0.01000. The topological polar surface area (TPSA) is 16.1 Å². The number of fused-ring (bicyclic) bond motifs is 2. The van der Waals surface area contributed by atoms with Gasteiger partial charge in [-0.2, -0.15) is 0 Å². The van der Waals surface area contributed by atoms with Gasteiger partial charge < -0.3 is 4.90 Å². The molecular formula is C12H13BrCl2N2. The monoisotopic (exact) mass is 334 g/mol. The average molecular weight is 336 g/mol. The third kappa shape index (κ3) is 2.18. The van der Waals surface area contributed by atoms with Crippen LogP contribution in [0.5, 0.6) is 0 Å². The molecule has 17 heavy (non-hydrogen) atoms. The molecular weight excluding hydrogens is 323 g/mol. The highest BCUT2D eigenvalue weighted by molar-refractivity contribution is 9.10. The summed E-state index contributed by atoms with van der Waals surface area (Å²) in [6, 6.07) is 2.95. The van der Waals surface area contributed by atoms with Gasteiger partial charge in [0.15, 0.2) is 0 Å². The molecule has 0 aromatic carbocycles. The average Bonchev–Trinajstić information content (AvgIpc) is 2.53. The minimum Gasteiger partial charge on any atom is -0.349 e. The summed E-state index contributed by atoms with van der Waals surface area (Å²) in [5.41, 5.74) is 0. The zero-order chi connectivity index (χ0) is 12.0. The number of anilines is 1. The molecule has 0 N–H and O–H groups in total. The van der Waals surface area contributed by atoms with Crippen LogP contribution in [0.3, 0.4) is 0 Å². The molecule has 2 aliphatic rings. The third-order valence-electron chi connectivity index (χ3n) is 3.71. The van der Waals surface area contributed by atoms with E-state index in [2.05, 4.69) is 25.8 Å². The summed E-state index contributed by atoms with van der Waals surface area (Å²) in [6.45, 7) is 0. The lowest BCUT2D eigenvalue weighted by Gasteiger charge is -2.38. The molecule has 1 aromatic heterocycles. The van der Waals surface area contributed by atoms with Crippen LogP contribution < -0.4 is 4.90 Å². The zero-order valence-corrected chi connectivity index (χ0v) is 12.3. The van der Waals surface area contributed by atoms with Crippen molar-refractivity contribution in [1.29, 1.82) is 0 Å². The van der Waals surface area contributed by atoms with Gasteiger partial charge in [-0.3, -0.25) is 0 Å². The molecule has 3 rings (SSSR count). The van der Waals surface area contributed by atoms with Crippen molar-refractivity contribution in [3.63, 3.8) is 0 Å². The Bertz CT molecular complexity index is 427. The molecule has 0 saturated carbocycles. The first-order valence-corrected chi connectivity index (χ1v) is 7.49. The van der Waals surface area contributed by atoms with Crippen molar-refractivity contribution < 1.29 is 0 Å². The molecule has 5 heteroatoms. The highest BCUT2D eigenvalue weighted by Crippen LogP contribution is 2.42. The van der Waals surface area contributed by atoms with E-state index in [0.29, 0.717) is 17.5 Å². The summed E-state index contributed by atoms with van der Waals surface area (Å²) in [5, 5.41) is 1.04. The van der Waals surface area contributed by atoms with Gasteiger partial charge in [0.25, 0.3) is 0 Å². The second kappa shape index (κ2) is 4.60. The van der Waals surface area contributed by atoms with Crippen molar-refractivity contribution >= 4 is 44.9 Å². The van der Waals surface area contributed by atoms with E-state index >= 15 is 0 Å². The maximum Gasteiger partial charge on any atom is 0.147 e. The molecule has 2 atom stereocenters. The number of hydrogen-bond acceptors (Lipinski definition) is 2. The maximum atomic E-state index is 6.29. The van der Waals surface area contributed by atoms with E-state index in [1.807, 2.05) is 12.3 Å². The van der Waals surface area contributed by atoms with E-state index in [-0.39, 0.29) is 0 Å². The predicted octanol–water partition coefficient (Wildman–Crippen LogP) is 4.24. The van der Waals surface area contributed by atoms with Crippen LogP contribution in [0.25, 0.3) is 0 Å². The number of pyridine rings is 1. The van der Waals surface area contributed by atoms with Crippen LogP contribution in [0.4, 0.5) is 5.82 Å². The Labute approximate surface area is 119 Å². The van der Waals surface area contributed by atoms with Gasteiger partial charge in [-0.1, -0.05) is 11.6 Å². The van der Waals surface area contributed by atoms with Gasteiger partial charge in [0.05, 0.1) is 5.02 Å². The molecule has 2 bridgehead atoms. The van der Waals surface area contributed by atoms with E-state index in [1.54, 1.807) is 0 Å². The van der Waals surface area contributed by atoms with Gasteiger partial charge in [-0.15, -0.1) is 11.6 Å². The van der Waals surface area contributed by atoms with Crippen LogP contribution in [-0.2, 0) is 0 Å².